The molecule has 0 aliphatic carbocycles. The number of amides is 1. The molecule has 0 aromatic heterocycles. The summed E-state index contributed by atoms with van der Waals surface area (Å²) in [6.45, 7) is 9.09. The van der Waals surface area contributed by atoms with E-state index >= 15 is 0 Å². The topological polar surface area (TPSA) is 32.3 Å². The second-order valence-electron chi connectivity index (χ2n) is 4.98. The lowest BCUT2D eigenvalue weighted by Crippen LogP contribution is -2.53. The Morgan fingerprint density at radius 2 is 2.25 bits per heavy atom. The predicted molar refractivity (Wildman–Crippen MR) is 70.9 cm³/mol. The fourth-order valence-electron chi connectivity index (χ4n) is 2.06. The second-order valence-corrected chi connectivity index (χ2v) is 6.49. The molecule has 1 saturated heterocycles. The average Bonchev–Trinajstić information content (AvgIpc) is 2.24. The first-order valence-electron chi connectivity index (χ1n) is 6.07. The molecule has 1 aliphatic rings. The van der Waals surface area contributed by atoms with E-state index in [4.69, 9.17) is 0 Å². The van der Waals surface area contributed by atoms with Gasteiger partial charge in [-0.25, -0.2) is 0 Å². The highest BCUT2D eigenvalue weighted by Crippen LogP contribution is 2.24. The van der Waals surface area contributed by atoms with E-state index in [1.54, 1.807) is 0 Å². The van der Waals surface area contributed by atoms with Gasteiger partial charge in [0.25, 0.3) is 0 Å². The molecular formula is C12H24N2OS. The third kappa shape index (κ3) is 3.67. The van der Waals surface area contributed by atoms with Crippen molar-refractivity contribution >= 4 is 17.7 Å². The number of hydrogen-bond donors (Lipinski definition) is 1. The van der Waals surface area contributed by atoms with E-state index in [2.05, 4.69) is 32.3 Å². The number of rotatable bonds is 5. The van der Waals surface area contributed by atoms with Crippen LogP contribution in [0.25, 0.3) is 0 Å². The minimum atomic E-state index is 0.0522. The van der Waals surface area contributed by atoms with Crippen LogP contribution in [0.15, 0.2) is 0 Å². The largest absolute Gasteiger partial charge is 0.340 e. The number of likely N-dealkylation sites (tertiary alicyclic amines) is 1. The van der Waals surface area contributed by atoms with Crippen LogP contribution in [0.1, 0.15) is 33.6 Å². The number of nitrogens with zero attached hydrogens (tertiary/aromatic N) is 1. The van der Waals surface area contributed by atoms with E-state index in [0.29, 0.717) is 0 Å². The number of carbonyl (C=O) groups is 1. The Bertz CT molecular complexity index is 241. The molecule has 0 bridgehead atoms. The summed E-state index contributed by atoms with van der Waals surface area (Å²) in [7, 11) is 0. The summed E-state index contributed by atoms with van der Waals surface area (Å²) in [5, 5.41) is 3.27. The third-order valence-electron chi connectivity index (χ3n) is 3.11. The number of carbonyl (C=O) groups excluding carboxylic acids is 1. The van der Waals surface area contributed by atoms with Crippen LogP contribution in [0.4, 0.5) is 0 Å². The van der Waals surface area contributed by atoms with E-state index in [1.807, 2.05) is 16.7 Å². The van der Waals surface area contributed by atoms with Crippen molar-refractivity contribution in [3.8, 4) is 0 Å². The molecule has 4 heteroatoms. The predicted octanol–water partition coefficient (Wildman–Crippen LogP) is 1.73. The quantitative estimate of drug-likeness (QED) is 0.799. The summed E-state index contributed by atoms with van der Waals surface area (Å²) in [6, 6.07) is 0.0522. The van der Waals surface area contributed by atoms with Gasteiger partial charge >= 0.3 is 0 Å². The summed E-state index contributed by atoms with van der Waals surface area (Å²) in [4.78, 5) is 14.2. The Morgan fingerprint density at radius 1 is 1.56 bits per heavy atom. The molecule has 16 heavy (non-hydrogen) atoms. The highest BCUT2D eigenvalue weighted by Gasteiger charge is 2.31. The minimum Gasteiger partial charge on any atom is -0.340 e. The standard InChI is InChI=1S/C12H24N2OS/c1-5-13-10-7-6-8-14(11(10)15)9-12(2,3)16-4/h10,13H,5-9H2,1-4H3. The van der Waals surface area contributed by atoms with E-state index in [0.717, 1.165) is 32.5 Å². The van der Waals surface area contributed by atoms with Crippen LogP contribution in [0.3, 0.4) is 0 Å². The molecule has 0 aromatic carbocycles. The Kier molecular flexibility index (Phi) is 5.12. The van der Waals surface area contributed by atoms with Crippen molar-refractivity contribution in [3.63, 3.8) is 0 Å². The summed E-state index contributed by atoms with van der Waals surface area (Å²) in [5.74, 6) is 0.287. The summed E-state index contributed by atoms with van der Waals surface area (Å²) < 4.78 is 0.157. The van der Waals surface area contributed by atoms with Crippen LogP contribution in [-0.4, -0.2) is 47.5 Å². The fraction of sp³-hybridized carbons (Fsp3) is 0.917. The molecule has 94 valence electrons. The van der Waals surface area contributed by atoms with Crippen molar-refractivity contribution in [2.24, 2.45) is 0 Å². The third-order valence-corrected chi connectivity index (χ3v) is 4.34. The molecule has 0 saturated carbocycles. The van der Waals surface area contributed by atoms with Crippen LogP contribution in [0.5, 0.6) is 0 Å². The molecule has 0 radical (unpaired) electrons. The van der Waals surface area contributed by atoms with Crippen molar-refractivity contribution in [3.05, 3.63) is 0 Å². The van der Waals surface area contributed by atoms with Crippen molar-refractivity contribution in [1.82, 2.24) is 10.2 Å². The lowest BCUT2D eigenvalue weighted by Gasteiger charge is -2.37. The molecule has 1 N–H and O–H groups in total. The normalized spacial score (nSPS) is 22.6. The Labute approximate surface area is 103 Å². The summed E-state index contributed by atoms with van der Waals surface area (Å²) in [5.41, 5.74) is 0. The number of piperidine rings is 1. The first kappa shape index (κ1) is 13.8. The van der Waals surface area contributed by atoms with Gasteiger partial charge in [0.05, 0.1) is 6.04 Å². The number of thioether (sulfide) groups is 1. The molecule has 1 heterocycles. The average molecular weight is 244 g/mol. The summed E-state index contributed by atoms with van der Waals surface area (Å²) in [6.07, 6.45) is 4.22. The molecule has 1 unspecified atom stereocenters. The van der Waals surface area contributed by atoms with Gasteiger partial charge in [-0.2, -0.15) is 11.8 Å². The Morgan fingerprint density at radius 3 is 2.81 bits per heavy atom. The second kappa shape index (κ2) is 5.92. The fourth-order valence-corrected chi connectivity index (χ4v) is 2.34. The monoisotopic (exact) mass is 244 g/mol. The number of hydrogen-bond acceptors (Lipinski definition) is 3. The SMILES string of the molecule is CCNC1CCCN(CC(C)(C)SC)C1=O. The van der Waals surface area contributed by atoms with Crippen LogP contribution < -0.4 is 5.32 Å². The molecule has 1 fully saturated rings. The number of nitrogens with one attached hydrogen (secondary N) is 1. The molecule has 1 amide bonds. The first-order chi connectivity index (χ1) is 7.50. The van der Waals surface area contributed by atoms with Crippen LogP contribution >= 0.6 is 11.8 Å². The Balaban J connectivity index is 2.57. The zero-order valence-corrected chi connectivity index (χ0v) is 11.7. The molecule has 0 aromatic rings. The van der Waals surface area contributed by atoms with Crippen LogP contribution in [-0.2, 0) is 4.79 Å². The van der Waals surface area contributed by atoms with E-state index in [-0.39, 0.29) is 16.7 Å². The highest BCUT2D eigenvalue weighted by molar-refractivity contribution is 7.99. The van der Waals surface area contributed by atoms with Gasteiger partial charge in [-0.1, -0.05) is 6.92 Å². The summed E-state index contributed by atoms with van der Waals surface area (Å²) >= 11 is 1.82. The van der Waals surface area contributed by atoms with Gasteiger partial charge in [0, 0.05) is 17.8 Å². The van der Waals surface area contributed by atoms with Gasteiger partial charge in [0.15, 0.2) is 0 Å². The maximum absolute atomic E-state index is 12.2. The van der Waals surface area contributed by atoms with E-state index in [9.17, 15) is 4.79 Å². The molecule has 0 spiro atoms. The first-order valence-corrected chi connectivity index (χ1v) is 7.30. The minimum absolute atomic E-state index is 0.0522. The number of likely N-dealkylation sites (N-methyl/N-ethyl adjacent to an activating group) is 1. The molecule has 1 aliphatic heterocycles. The van der Waals surface area contributed by atoms with Gasteiger partial charge < -0.3 is 10.2 Å². The maximum atomic E-state index is 12.2. The maximum Gasteiger partial charge on any atom is 0.239 e. The highest BCUT2D eigenvalue weighted by atomic mass is 32.2. The molecule has 1 rings (SSSR count). The van der Waals surface area contributed by atoms with Crippen LogP contribution in [0, 0.1) is 0 Å². The van der Waals surface area contributed by atoms with E-state index in [1.165, 1.54) is 0 Å². The Hall–Kier alpha value is -0.220. The zero-order chi connectivity index (χ0) is 12.2. The van der Waals surface area contributed by atoms with Crippen LogP contribution in [0.2, 0.25) is 0 Å². The van der Waals surface area contributed by atoms with Crippen molar-refractivity contribution < 1.29 is 4.79 Å². The van der Waals surface area contributed by atoms with Gasteiger partial charge in [0.1, 0.15) is 0 Å². The lowest BCUT2D eigenvalue weighted by molar-refractivity contribution is -0.136. The van der Waals surface area contributed by atoms with Gasteiger partial charge in [0.2, 0.25) is 5.91 Å². The lowest BCUT2D eigenvalue weighted by atomic mass is 10.0. The van der Waals surface area contributed by atoms with Gasteiger partial charge in [-0.05, 0) is 39.5 Å². The van der Waals surface area contributed by atoms with Crippen molar-refractivity contribution in [1.29, 1.82) is 0 Å². The van der Waals surface area contributed by atoms with E-state index < -0.39 is 0 Å². The van der Waals surface area contributed by atoms with Crippen molar-refractivity contribution in [2.75, 3.05) is 25.9 Å². The molecular weight excluding hydrogens is 220 g/mol. The smallest absolute Gasteiger partial charge is 0.239 e. The molecule has 1 atom stereocenters. The molecule has 3 nitrogen and oxygen atoms in total. The van der Waals surface area contributed by atoms with Gasteiger partial charge in [-0.3, -0.25) is 4.79 Å². The zero-order valence-electron chi connectivity index (χ0n) is 10.9. The van der Waals surface area contributed by atoms with Crippen molar-refractivity contribution in [2.45, 2.75) is 44.4 Å². The van der Waals surface area contributed by atoms with Gasteiger partial charge in [-0.15, -0.1) is 0 Å².